The summed E-state index contributed by atoms with van der Waals surface area (Å²) in [7, 11) is 0. The Balaban J connectivity index is 2.74. The lowest BCUT2D eigenvalue weighted by molar-refractivity contribution is 0.0884. The highest BCUT2D eigenvalue weighted by Gasteiger charge is 2.13. The van der Waals surface area contributed by atoms with Crippen molar-refractivity contribution in [1.82, 2.24) is 0 Å². The largest absolute Gasteiger partial charge is 0.390 e. The molecule has 0 aliphatic carbocycles. The smallest absolute Gasteiger partial charge is 0.153 e. The molecule has 0 heterocycles. The van der Waals surface area contributed by atoms with Crippen molar-refractivity contribution >= 4 is 11.5 Å². The average Bonchev–Trinajstić information content (AvgIpc) is 2.25. The highest BCUT2D eigenvalue weighted by atomic mass is 16.3. The highest BCUT2D eigenvalue weighted by Crippen LogP contribution is 2.08. The van der Waals surface area contributed by atoms with Crippen molar-refractivity contribution in [1.29, 1.82) is 0 Å². The van der Waals surface area contributed by atoms with E-state index in [0.29, 0.717) is 12.3 Å². The summed E-state index contributed by atoms with van der Waals surface area (Å²) in [5, 5.41) is 17.6. The summed E-state index contributed by atoms with van der Waals surface area (Å²) in [4.78, 5) is 0. The number of amidine groups is 1. The van der Waals surface area contributed by atoms with Gasteiger partial charge in [-0.15, -0.1) is 5.10 Å². The molecule has 0 saturated heterocycles. The van der Waals surface area contributed by atoms with Gasteiger partial charge in [-0.25, -0.2) is 0 Å². The molecular weight excluding hydrogens is 214 g/mol. The molecule has 4 nitrogen and oxygen atoms in total. The molecule has 0 saturated carbocycles. The van der Waals surface area contributed by atoms with Gasteiger partial charge in [0, 0.05) is 17.7 Å². The van der Waals surface area contributed by atoms with Crippen LogP contribution in [-0.2, 0) is 0 Å². The Morgan fingerprint density at radius 1 is 1.24 bits per heavy atom. The number of nitrogens with zero attached hydrogens (tertiary/aromatic N) is 2. The first kappa shape index (κ1) is 13.4. The summed E-state index contributed by atoms with van der Waals surface area (Å²) < 4.78 is 0. The van der Waals surface area contributed by atoms with Gasteiger partial charge in [0.1, 0.15) is 0 Å². The van der Waals surface area contributed by atoms with Crippen LogP contribution in [-0.4, -0.2) is 22.3 Å². The van der Waals surface area contributed by atoms with E-state index < -0.39 is 5.60 Å². The predicted molar refractivity (Wildman–Crippen MR) is 71.2 cm³/mol. The SMILES string of the molecule is C/C(CC(C)(C)O)=N\N=C(/N)c1ccccc1. The standard InChI is InChI=1S/C13H19N3O/c1-10(9-13(2,3)17)15-16-12(14)11-7-5-4-6-8-11/h4-8,17H,9H2,1-3H3,(H2,14,16)/b15-10+. The molecule has 0 bridgehead atoms. The third kappa shape index (κ3) is 5.26. The van der Waals surface area contributed by atoms with Crippen molar-refractivity contribution in [3.8, 4) is 0 Å². The van der Waals surface area contributed by atoms with Crippen molar-refractivity contribution in [2.24, 2.45) is 15.9 Å². The molecular formula is C13H19N3O. The van der Waals surface area contributed by atoms with Crippen LogP contribution in [0.15, 0.2) is 40.5 Å². The van der Waals surface area contributed by atoms with Crippen LogP contribution in [0.5, 0.6) is 0 Å². The molecule has 0 aliphatic rings. The van der Waals surface area contributed by atoms with E-state index in [1.54, 1.807) is 13.8 Å². The van der Waals surface area contributed by atoms with E-state index >= 15 is 0 Å². The van der Waals surface area contributed by atoms with Gasteiger partial charge in [0.25, 0.3) is 0 Å². The number of nitrogens with two attached hydrogens (primary N) is 1. The van der Waals surface area contributed by atoms with Crippen LogP contribution in [0.1, 0.15) is 32.8 Å². The molecule has 0 aliphatic heterocycles. The topological polar surface area (TPSA) is 71.0 Å². The summed E-state index contributed by atoms with van der Waals surface area (Å²) in [5.41, 5.74) is 6.60. The fourth-order valence-corrected chi connectivity index (χ4v) is 1.47. The molecule has 92 valence electrons. The van der Waals surface area contributed by atoms with Gasteiger partial charge in [-0.05, 0) is 20.8 Å². The van der Waals surface area contributed by atoms with E-state index in [0.717, 1.165) is 11.3 Å². The van der Waals surface area contributed by atoms with Crippen molar-refractivity contribution < 1.29 is 5.11 Å². The summed E-state index contributed by atoms with van der Waals surface area (Å²) in [6, 6.07) is 9.45. The number of hydrogen-bond donors (Lipinski definition) is 2. The van der Waals surface area contributed by atoms with Crippen LogP contribution >= 0.6 is 0 Å². The van der Waals surface area contributed by atoms with E-state index in [-0.39, 0.29) is 0 Å². The first-order valence-electron chi connectivity index (χ1n) is 5.53. The Morgan fingerprint density at radius 3 is 2.35 bits per heavy atom. The van der Waals surface area contributed by atoms with Crippen molar-refractivity contribution in [3.63, 3.8) is 0 Å². The van der Waals surface area contributed by atoms with Crippen LogP contribution in [0, 0.1) is 0 Å². The zero-order valence-corrected chi connectivity index (χ0v) is 10.5. The minimum atomic E-state index is -0.773. The first-order valence-corrected chi connectivity index (χ1v) is 5.53. The van der Waals surface area contributed by atoms with E-state index in [1.165, 1.54) is 0 Å². The van der Waals surface area contributed by atoms with Gasteiger partial charge in [-0.3, -0.25) is 0 Å². The van der Waals surface area contributed by atoms with Crippen LogP contribution in [0.4, 0.5) is 0 Å². The quantitative estimate of drug-likeness (QED) is 0.474. The predicted octanol–water partition coefficient (Wildman–Crippen LogP) is 1.93. The molecule has 0 amide bonds. The molecule has 0 spiro atoms. The van der Waals surface area contributed by atoms with Crippen molar-refractivity contribution in [2.45, 2.75) is 32.8 Å². The fraction of sp³-hybridized carbons (Fsp3) is 0.385. The second kappa shape index (κ2) is 5.59. The van der Waals surface area contributed by atoms with E-state index in [9.17, 15) is 5.11 Å². The second-order valence-electron chi connectivity index (χ2n) is 4.68. The molecule has 1 aromatic rings. The minimum Gasteiger partial charge on any atom is -0.390 e. The molecule has 0 radical (unpaired) electrons. The number of rotatable bonds is 4. The molecule has 1 rings (SSSR count). The number of hydrogen-bond acceptors (Lipinski definition) is 3. The van der Waals surface area contributed by atoms with Gasteiger partial charge in [0.05, 0.1) is 5.60 Å². The van der Waals surface area contributed by atoms with Gasteiger partial charge >= 0.3 is 0 Å². The lowest BCUT2D eigenvalue weighted by atomic mass is 10.0. The van der Waals surface area contributed by atoms with Crippen molar-refractivity contribution in [3.05, 3.63) is 35.9 Å². The van der Waals surface area contributed by atoms with E-state index in [2.05, 4.69) is 10.2 Å². The van der Waals surface area contributed by atoms with Gasteiger partial charge in [-0.1, -0.05) is 30.3 Å². The third-order valence-electron chi connectivity index (χ3n) is 2.09. The molecule has 17 heavy (non-hydrogen) atoms. The summed E-state index contributed by atoms with van der Waals surface area (Å²) in [5.74, 6) is 0.376. The summed E-state index contributed by atoms with van der Waals surface area (Å²) in [6.07, 6.45) is 0.471. The minimum absolute atomic E-state index is 0.376. The van der Waals surface area contributed by atoms with Crippen LogP contribution < -0.4 is 5.73 Å². The molecule has 3 N–H and O–H groups in total. The van der Waals surface area contributed by atoms with Crippen LogP contribution in [0.3, 0.4) is 0 Å². The molecule has 0 fully saturated rings. The number of benzene rings is 1. The maximum atomic E-state index is 9.61. The van der Waals surface area contributed by atoms with E-state index in [4.69, 9.17) is 5.73 Å². The van der Waals surface area contributed by atoms with Gasteiger partial charge < -0.3 is 10.8 Å². The van der Waals surface area contributed by atoms with Crippen LogP contribution in [0.2, 0.25) is 0 Å². The second-order valence-corrected chi connectivity index (χ2v) is 4.68. The molecule has 0 aromatic heterocycles. The highest BCUT2D eigenvalue weighted by molar-refractivity contribution is 5.97. The van der Waals surface area contributed by atoms with Gasteiger partial charge in [0.15, 0.2) is 5.84 Å². The fourth-order valence-electron chi connectivity index (χ4n) is 1.47. The first-order chi connectivity index (χ1) is 7.88. The molecule has 1 aromatic carbocycles. The zero-order valence-electron chi connectivity index (χ0n) is 10.5. The molecule has 0 unspecified atom stereocenters. The molecule has 0 atom stereocenters. The van der Waals surface area contributed by atoms with Gasteiger partial charge in [-0.2, -0.15) is 5.10 Å². The van der Waals surface area contributed by atoms with Gasteiger partial charge in [0.2, 0.25) is 0 Å². The maximum absolute atomic E-state index is 9.61. The maximum Gasteiger partial charge on any atom is 0.153 e. The monoisotopic (exact) mass is 233 g/mol. The normalized spacial score (nSPS) is 13.9. The summed E-state index contributed by atoms with van der Waals surface area (Å²) in [6.45, 7) is 5.28. The third-order valence-corrected chi connectivity index (χ3v) is 2.09. The Hall–Kier alpha value is -1.68. The average molecular weight is 233 g/mol. The lowest BCUT2D eigenvalue weighted by Crippen LogP contribution is -2.22. The Bertz CT molecular complexity index is 416. The Morgan fingerprint density at radius 2 is 1.82 bits per heavy atom. The molecule has 4 heteroatoms. The van der Waals surface area contributed by atoms with Crippen LogP contribution in [0.25, 0.3) is 0 Å². The Labute approximate surface area is 102 Å². The van der Waals surface area contributed by atoms with Crippen molar-refractivity contribution in [2.75, 3.05) is 0 Å². The Kier molecular flexibility index (Phi) is 4.40. The lowest BCUT2D eigenvalue weighted by Gasteiger charge is -2.15. The van der Waals surface area contributed by atoms with E-state index in [1.807, 2.05) is 37.3 Å². The summed E-state index contributed by atoms with van der Waals surface area (Å²) >= 11 is 0. The number of aliphatic hydroxyl groups is 1. The zero-order chi connectivity index (χ0) is 12.9.